The zero-order valence-corrected chi connectivity index (χ0v) is 13.0. The third-order valence-electron chi connectivity index (χ3n) is 3.42. The number of rotatable bonds is 5. The normalized spacial score (nSPS) is 18.0. The van der Waals surface area contributed by atoms with E-state index in [4.69, 9.17) is 16.7 Å². The third kappa shape index (κ3) is 4.88. The summed E-state index contributed by atoms with van der Waals surface area (Å²) in [6.07, 6.45) is 1.78. The number of nitrogens with one attached hydrogen (secondary N) is 1. The highest BCUT2D eigenvalue weighted by Crippen LogP contribution is 2.21. The first-order valence-corrected chi connectivity index (χ1v) is 6.97. The van der Waals surface area contributed by atoms with E-state index in [0.717, 1.165) is 13.0 Å². The highest BCUT2D eigenvalue weighted by Gasteiger charge is 2.30. The van der Waals surface area contributed by atoms with Crippen LogP contribution in [0.4, 0.5) is 5.69 Å². The van der Waals surface area contributed by atoms with Crippen LogP contribution in [-0.4, -0.2) is 41.0 Å². The summed E-state index contributed by atoms with van der Waals surface area (Å²) in [4.78, 5) is 24.7. The van der Waals surface area contributed by atoms with Crippen molar-refractivity contribution >= 4 is 41.6 Å². The fourth-order valence-corrected chi connectivity index (χ4v) is 2.58. The minimum Gasteiger partial charge on any atom is -0.480 e. The van der Waals surface area contributed by atoms with E-state index in [0.29, 0.717) is 23.7 Å². The molecule has 1 aromatic rings. The number of amides is 1. The van der Waals surface area contributed by atoms with Gasteiger partial charge >= 0.3 is 5.97 Å². The van der Waals surface area contributed by atoms with Gasteiger partial charge < -0.3 is 10.4 Å². The molecule has 2 rings (SSSR count). The number of para-hydroxylation sites is 1. The molecule has 1 heterocycles. The molecule has 1 unspecified atom stereocenters. The van der Waals surface area contributed by atoms with Gasteiger partial charge in [0.25, 0.3) is 0 Å². The average Bonchev–Trinajstić information content (AvgIpc) is 2.88. The minimum atomic E-state index is -0.811. The zero-order valence-electron chi connectivity index (χ0n) is 11.4. The van der Waals surface area contributed by atoms with Crippen molar-refractivity contribution in [3.63, 3.8) is 0 Å². The Labute approximate surface area is 134 Å². The molecule has 1 aliphatic rings. The van der Waals surface area contributed by atoms with Gasteiger partial charge in [0.2, 0.25) is 5.91 Å². The van der Waals surface area contributed by atoms with E-state index in [1.54, 1.807) is 24.3 Å². The van der Waals surface area contributed by atoms with Crippen molar-refractivity contribution in [1.29, 1.82) is 0 Å². The van der Waals surface area contributed by atoms with Crippen molar-refractivity contribution in [3.8, 4) is 0 Å². The molecule has 7 heteroatoms. The van der Waals surface area contributed by atoms with E-state index in [9.17, 15) is 9.59 Å². The van der Waals surface area contributed by atoms with Crippen molar-refractivity contribution in [1.82, 2.24) is 4.90 Å². The smallest absolute Gasteiger partial charge is 0.320 e. The van der Waals surface area contributed by atoms with Crippen LogP contribution >= 0.6 is 24.0 Å². The van der Waals surface area contributed by atoms with Crippen molar-refractivity contribution in [2.45, 2.75) is 25.3 Å². The molecule has 0 aromatic heterocycles. The summed E-state index contributed by atoms with van der Waals surface area (Å²) in [5.74, 6) is -0.969. The predicted octanol–water partition coefficient (Wildman–Crippen LogP) is 2.64. The van der Waals surface area contributed by atoms with Crippen LogP contribution in [-0.2, 0) is 9.59 Å². The largest absolute Gasteiger partial charge is 0.480 e. The molecule has 0 radical (unpaired) electrons. The Hall–Kier alpha value is -1.30. The Morgan fingerprint density at radius 2 is 2.10 bits per heavy atom. The summed E-state index contributed by atoms with van der Waals surface area (Å²) in [6.45, 7) is 1.18. The molecule has 1 aliphatic heterocycles. The van der Waals surface area contributed by atoms with Crippen LogP contribution in [0.2, 0.25) is 5.02 Å². The molecule has 1 aromatic carbocycles. The van der Waals surface area contributed by atoms with Gasteiger partial charge in [-0.2, -0.15) is 0 Å². The van der Waals surface area contributed by atoms with Crippen LogP contribution in [0, 0.1) is 0 Å². The van der Waals surface area contributed by atoms with Crippen molar-refractivity contribution in [2.24, 2.45) is 0 Å². The number of hydrogen-bond donors (Lipinski definition) is 2. The second-order valence-electron chi connectivity index (χ2n) is 4.81. The molecule has 1 atom stereocenters. The molecule has 0 aliphatic carbocycles. The van der Waals surface area contributed by atoms with Crippen molar-refractivity contribution in [3.05, 3.63) is 29.3 Å². The maximum Gasteiger partial charge on any atom is 0.320 e. The lowest BCUT2D eigenvalue weighted by Gasteiger charge is -2.20. The standard InChI is InChI=1S/C14H17ClN2O3.ClH/c15-10-4-1-2-5-11(10)16-13(18)7-9-17-8-3-6-12(17)14(19)20;/h1-2,4-5,12H,3,6-9H2,(H,16,18)(H,19,20);1H. The Kier molecular flexibility index (Phi) is 6.95. The summed E-state index contributed by atoms with van der Waals surface area (Å²) < 4.78 is 0. The Bertz CT molecular complexity index is 511. The first-order valence-electron chi connectivity index (χ1n) is 6.59. The van der Waals surface area contributed by atoms with E-state index in [1.807, 2.05) is 4.90 Å². The number of carbonyl (C=O) groups is 2. The zero-order chi connectivity index (χ0) is 14.5. The number of anilines is 1. The fraction of sp³-hybridized carbons (Fsp3) is 0.429. The number of nitrogens with zero attached hydrogens (tertiary/aromatic N) is 1. The highest BCUT2D eigenvalue weighted by atomic mass is 35.5. The van der Waals surface area contributed by atoms with Gasteiger partial charge in [0, 0.05) is 13.0 Å². The van der Waals surface area contributed by atoms with Gasteiger partial charge in [0.15, 0.2) is 0 Å². The molecule has 0 spiro atoms. The molecule has 1 amide bonds. The van der Waals surface area contributed by atoms with E-state index in [1.165, 1.54) is 0 Å². The Balaban J connectivity index is 0.00000220. The molecule has 116 valence electrons. The summed E-state index contributed by atoms with van der Waals surface area (Å²) >= 11 is 5.96. The topological polar surface area (TPSA) is 69.6 Å². The summed E-state index contributed by atoms with van der Waals surface area (Å²) in [5, 5.41) is 12.3. The number of likely N-dealkylation sites (tertiary alicyclic amines) is 1. The first-order chi connectivity index (χ1) is 9.58. The van der Waals surface area contributed by atoms with E-state index in [-0.39, 0.29) is 24.7 Å². The van der Waals surface area contributed by atoms with Gasteiger partial charge in [-0.3, -0.25) is 14.5 Å². The van der Waals surface area contributed by atoms with Crippen LogP contribution < -0.4 is 5.32 Å². The van der Waals surface area contributed by atoms with Crippen molar-refractivity contribution in [2.75, 3.05) is 18.4 Å². The lowest BCUT2D eigenvalue weighted by molar-refractivity contribution is -0.142. The number of carboxylic acid groups (broad SMARTS) is 1. The quantitative estimate of drug-likeness (QED) is 0.869. The molecule has 5 nitrogen and oxygen atoms in total. The van der Waals surface area contributed by atoms with Gasteiger partial charge in [-0.1, -0.05) is 23.7 Å². The average molecular weight is 333 g/mol. The number of benzene rings is 1. The Morgan fingerprint density at radius 1 is 1.38 bits per heavy atom. The number of hydrogen-bond acceptors (Lipinski definition) is 3. The second-order valence-corrected chi connectivity index (χ2v) is 5.22. The van der Waals surface area contributed by atoms with E-state index < -0.39 is 12.0 Å². The van der Waals surface area contributed by atoms with Gasteiger partial charge in [-0.25, -0.2) is 0 Å². The summed E-state index contributed by atoms with van der Waals surface area (Å²) in [5.41, 5.74) is 0.579. The van der Waals surface area contributed by atoms with Crippen LogP contribution in [0.5, 0.6) is 0 Å². The third-order valence-corrected chi connectivity index (χ3v) is 3.75. The van der Waals surface area contributed by atoms with Crippen LogP contribution in [0.1, 0.15) is 19.3 Å². The first kappa shape index (κ1) is 17.8. The fourth-order valence-electron chi connectivity index (χ4n) is 2.39. The lowest BCUT2D eigenvalue weighted by Crippen LogP contribution is -2.37. The van der Waals surface area contributed by atoms with Crippen LogP contribution in [0.25, 0.3) is 0 Å². The summed E-state index contributed by atoms with van der Waals surface area (Å²) in [6, 6.07) is 6.57. The van der Waals surface area contributed by atoms with Gasteiger partial charge in [-0.05, 0) is 31.5 Å². The molecule has 0 saturated carbocycles. The summed E-state index contributed by atoms with van der Waals surface area (Å²) in [7, 11) is 0. The van der Waals surface area contributed by atoms with Gasteiger partial charge in [0.05, 0.1) is 10.7 Å². The van der Waals surface area contributed by atoms with E-state index >= 15 is 0 Å². The maximum atomic E-state index is 11.9. The number of aliphatic carboxylic acids is 1. The molecular formula is C14H18Cl2N2O3. The molecule has 2 N–H and O–H groups in total. The molecule has 1 fully saturated rings. The minimum absolute atomic E-state index is 0. The number of carbonyl (C=O) groups excluding carboxylic acids is 1. The van der Waals surface area contributed by atoms with Gasteiger partial charge in [-0.15, -0.1) is 12.4 Å². The molecule has 1 saturated heterocycles. The van der Waals surface area contributed by atoms with Crippen LogP contribution in [0.3, 0.4) is 0 Å². The van der Waals surface area contributed by atoms with Gasteiger partial charge in [0.1, 0.15) is 6.04 Å². The SMILES string of the molecule is Cl.O=C(CCN1CCCC1C(=O)O)Nc1ccccc1Cl. The lowest BCUT2D eigenvalue weighted by atomic mass is 10.2. The Morgan fingerprint density at radius 3 is 2.76 bits per heavy atom. The van der Waals surface area contributed by atoms with Crippen molar-refractivity contribution < 1.29 is 14.7 Å². The predicted molar refractivity (Wildman–Crippen MR) is 84.2 cm³/mol. The number of carboxylic acids is 1. The van der Waals surface area contributed by atoms with Crippen LogP contribution in [0.15, 0.2) is 24.3 Å². The monoisotopic (exact) mass is 332 g/mol. The maximum absolute atomic E-state index is 11.9. The second kappa shape index (κ2) is 8.22. The molecular weight excluding hydrogens is 315 g/mol. The molecule has 21 heavy (non-hydrogen) atoms. The molecule has 0 bridgehead atoms. The highest BCUT2D eigenvalue weighted by molar-refractivity contribution is 6.33. The number of halogens is 2. The van der Waals surface area contributed by atoms with E-state index in [2.05, 4.69) is 5.32 Å².